The summed E-state index contributed by atoms with van der Waals surface area (Å²) in [6.45, 7) is 8.14. The van der Waals surface area contributed by atoms with Crippen LogP contribution in [-0.2, 0) is 4.74 Å². The van der Waals surface area contributed by atoms with E-state index in [1.165, 1.54) is 6.21 Å². The molecule has 0 saturated heterocycles. The number of rotatable bonds is 8. The highest BCUT2D eigenvalue weighted by Gasteiger charge is 2.11. The molecule has 0 fully saturated rings. The Labute approximate surface area is 122 Å². The van der Waals surface area contributed by atoms with Gasteiger partial charge in [0.2, 0.25) is 0 Å². The minimum atomic E-state index is -1.05. The molecule has 0 bridgehead atoms. The molecule has 0 aromatic heterocycles. The molecule has 0 atom stereocenters. The van der Waals surface area contributed by atoms with Crippen LogP contribution in [0.1, 0.15) is 5.56 Å². The van der Waals surface area contributed by atoms with Crippen molar-refractivity contribution in [2.24, 2.45) is 0 Å². The molecule has 4 nitrogen and oxygen atoms in total. The Morgan fingerprint density at radius 2 is 1.95 bits per heavy atom. The lowest BCUT2D eigenvalue weighted by Crippen LogP contribution is -2.24. The fourth-order valence-electron chi connectivity index (χ4n) is 1.56. The van der Waals surface area contributed by atoms with Crippen LogP contribution in [0.25, 0.3) is 5.70 Å². The number of hydrogen-bond acceptors (Lipinski definition) is 4. The third-order valence-electron chi connectivity index (χ3n) is 2.79. The van der Waals surface area contributed by atoms with E-state index >= 15 is 0 Å². The molecule has 1 aromatic rings. The standard InChI is InChI=1S/C15H24N2O2Si/c1-20(2,3)11-10-19-12-17-15(8-9-16)13-4-6-14(18)7-5-13/h4-9,16-18H,10-12H2,1-3H3/b15-8-,16-9?. The lowest BCUT2D eigenvalue weighted by atomic mass is 10.1. The number of hydrogen-bond donors (Lipinski definition) is 3. The monoisotopic (exact) mass is 292 g/mol. The first-order valence-corrected chi connectivity index (χ1v) is 10.4. The Hall–Kier alpha value is -1.59. The highest BCUT2D eigenvalue weighted by atomic mass is 28.3. The Kier molecular flexibility index (Phi) is 6.47. The first kappa shape index (κ1) is 16.5. The Balaban J connectivity index is 2.47. The first-order chi connectivity index (χ1) is 9.42. The van der Waals surface area contributed by atoms with E-state index in [0.29, 0.717) is 6.73 Å². The van der Waals surface area contributed by atoms with E-state index in [4.69, 9.17) is 10.1 Å². The van der Waals surface area contributed by atoms with E-state index in [9.17, 15) is 5.11 Å². The van der Waals surface area contributed by atoms with Crippen molar-refractivity contribution in [2.45, 2.75) is 25.7 Å². The van der Waals surface area contributed by atoms with E-state index in [2.05, 4.69) is 25.0 Å². The summed E-state index contributed by atoms with van der Waals surface area (Å²) >= 11 is 0. The van der Waals surface area contributed by atoms with Crippen LogP contribution in [0.15, 0.2) is 30.3 Å². The molecular formula is C15H24N2O2Si. The third-order valence-corrected chi connectivity index (χ3v) is 4.49. The fourth-order valence-corrected chi connectivity index (χ4v) is 2.32. The third kappa shape index (κ3) is 6.54. The van der Waals surface area contributed by atoms with Crippen LogP contribution in [0.3, 0.4) is 0 Å². The highest BCUT2D eigenvalue weighted by molar-refractivity contribution is 6.76. The van der Waals surface area contributed by atoms with Crippen LogP contribution in [0.2, 0.25) is 25.7 Å². The van der Waals surface area contributed by atoms with Gasteiger partial charge in [0.15, 0.2) is 0 Å². The molecule has 0 unspecified atom stereocenters. The maximum Gasteiger partial charge on any atom is 0.116 e. The zero-order valence-electron chi connectivity index (χ0n) is 12.4. The Morgan fingerprint density at radius 3 is 2.50 bits per heavy atom. The van der Waals surface area contributed by atoms with Crippen LogP contribution in [0.5, 0.6) is 5.75 Å². The number of allylic oxidation sites excluding steroid dienone is 1. The summed E-state index contributed by atoms with van der Waals surface area (Å²) in [4.78, 5) is 0. The summed E-state index contributed by atoms with van der Waals surface area (Å²) in [5, 5.41) is 19.6. The number of phenols is 1. The molecule has 0 aliphatic heterocycles. The van der Waals surface area contributed by atoms with Gasteiger partial charge in [0.25, 0.3) is 0 Å². The van der Waals surface area contributed by atoms with E-state index in [1.54, 1.807) is 30.3 Å². The molecule has 0 spiro atoms. The average molecular weight is 292 g/mol. The SMILES string of the molecule is C[Si](C)(C)CCOCN/C(=C\C=N)c1ccc(O)cc1. The normalized spacial score (nSPS) is 12.2. The molecule has 5 heteroatoms. The largest absolute Gasteiger partial charge is 0.508 e. The molecule has 20 heavy (non-hydrogen) atoms. The second-order valence-corrected chi connectivity index (χ2v) is 11.5. The molecular weight excluding hydrogens is 268 g/mol. The Morgan fingerprint density at radius 1 is 1.30 bits per heavy atom. The quantitative estimate of drug-likeness (QED) is 0.298. The molecule has 0 radical (unpaired) electrons. The molecule has 0 amide bonds. The van der Waals surface area contributed by atoms with Crippen LogP contribution >= 0.6 is 0 Å². The molecule has 1 rings (SSSR count). The second kappa shape index (κ2) is 7.87. The lowest BCUT2D eigenvalue weighted by molar-refractivity contribution is 0.139. The molecule has 0 saturated carbocycles. The number of nitrogens with one attached hydrogen (secondary N) is 2. The summed E-state index contributed by atoms with van der Waals surface area (Å²) in [6, 6.07) is 8.00. The zero-order chi connectivity index (χ0) is 15.0. The van der Waals surface area contributed by atoms with Crippen LogP contribution < -0.4 is 5.32 Å². The van der Waals surface area contributed by atoms with Crippen molar-refractivity contribution in [1.82, 2.24) is 5.32 Å². The maximum absolute atomic E-state index is 9.29. The van der Waals surface area contributed by atoms with E-state index in [-0.39, 0.29) is 5.75 Å². The molecule has 0 aliphatic carbocycles. The average Bonchev–Trinajstić information content (AvgIpc) is 2.37. The topological polar surface area (TPSA) is 65.3 Å². The number of ether oxygens (including phenoxy) is 1. The minimum Gasteiger partial charge on any atom is -0.508 e. The smallest absolute Gasteiger partial charge is 0.116 e. The summed E-state index contributed by atoms with van der Waals surface area (Å²) in [6.07, 6.45) is 2.91. The van der Waals surface area contributed by atoms with Gasteiger partial charge in [-0.3, -0.25) is 0 Å². The van der Waals surface area contributed by atoms with Gasteiger partial charge in [-0.1, -0.05) is 19.6 Å². The van der Waals surface area contributed by atoms with Gasteiger partial charge in [0.1, 0.15) is 12.5 Å². The van der Waals surface area contributed by atoms with Crippen molar-refractivity contribution in [3.63, 3.8) is 0 Å². The number of aromatic hydroxyl groups is 1. The summed E-state index contributed by atoms with van der Waals surface area (Å²) < 4.78 is 5.59. The zero-order valence-corrected chi connectivity index (χ0v) is 13.4. The van der Waals surface area contributed by atoms with Gasteiger partial charge in [-0.2, -0.15) is 0 Å². The van der Waals surface area contributed by atoms with E-state index in [1.807, 2.05) is 0 Å². The summed E-state index contributed by atoms with van der Waals surface area (Å²) in [7, 11) is -1.05. The van der Waals surface area contributed by atoms with Crippen LogP contribution in [0, 0.1) is 5.41 Å². The lowest BCUT2D eigenvalue weighted by Gasteiger charge is -2.16. The number of benzene rings is 1. The number of phenolic OH excluding ortho intramolecular Hbond substituents is 1. The van der Waals surface area contributed by atoms with Crippen LogP contribution in [-0.4, -0.2) is 32.7 Å². The first-order valence-electron chi connectivity index (χ1n) is 6.74. The summed E-state index contributed by atoms with van der Waals surface area (Å²) in [5.41, 5.74) is 1.73. The highest BCUT2D eigenvalue weighted by Crippen LogP contribution is 2.15. The molecule has 0 aliphatic rings. The second-order valence-electron chi connectivity index (χ2n) is 5.83. The van der Waals surface area contributed by atoms with Crippen molar-refractivity contribution >= 4 is 20.0 Å². The van der Waals surface area contributed by atoms with E-state index in [0.717, 1.165) is 23.9 Å². The molecule has 3 N–H and O–H groups in total. The van der Waals surface area contributed by atoms with Gasteiger partial charge in [-0.15, -0.1) is 0 Å². The van der Waals surface area contributed by atoms with Crippen molar-refractivity contribution in [2.75, 3.05) is 13.3 Å². The van der Waals surface area contributed by atoms with Crippen molar-refractivity contribution in [3.8, 4) is 5.75 Å². The molecule has 110 valence electrons. The predicted octanol–water partition coefficient (Wildman–Crippen LogP) is 3.28. The Bertz CT molecular complexity index is 450. The van der Waals surface area contributed by atoms with E-state index < -0.39 is 8.07 Å². The maximum atomic E-state index is 9.29. The summed E-state index contributed by atoms with van der Waals surface area (Å²) in [5.74, 6) is 0.231. The minimum absolute atomic E-state index is 0.231. The van der Waals surface area contributed by atoms with Crippen molar-refractivity contribution in [1.29, 1.82) is 5.41 Å². The van der Waals surface area contributed by atoms with Gasteiger partial charge in [-0.05, 0) is 41.9 Å². The predicted molar refractivity (Wildman–Crippen MR) is 87.0 cm³/mol. The van der Waals surface area contributed by atoms with Gasteiger partial charge < -0.3 is 20.6 Å². The van der Waals surface area contributed by atoms with Gasteiger partial charge in [-0.25, -0.2) is 0 Å². The van der Waals surface area contributed by atoms with Gasteiger partial charge >= 0.3 is 0 Å². The van der Waals surface area contributed by atoms with Crippen LogP contribution in [0.4, 0.5) is 0 Å². The fraction of sp³-hybridized carbons (Fsp3) is 0.400. The van der Waals surface area contributed by atoms with Gasteiger partial charge in [0, 0.05) is 26.6 Å². The molecule has 0 heterocycles. The van der Waals surface area contributed by atoms with Crippen molar-refractivity contribution < 1.29 is 9.84 Å². The van der Waals surface area contributed by atoms with Crippen molar-refractivity contribution in [3.05, 3.63) is 35.9 Å². The molecule has 1 aromatic carbocycles. The van der Waals surface area contributed by atoms with Gasteiger partial charge in [0.05, 0.1) is 0 Å².